The quantitative estimate of drug-likeness (QED) is 0.253. The Morgan fingerprint density at radius 1 is 0.957 bits per heavy atom. The zero-order valence-electron chi connectivity index (χ0n) is 27.2. The Balaban J connectivity index is 1.37. The number of rotatable bonds is 5. The molecule has 46 heavy (non-hydrogen) atoms. The number of likely N-dealkylation sites (N-methyl/N-ethyl adjacent to an activating group) is 1. The van der Waals surface area contributed by atoms with Crippen LogP contribution in [0.2, 0.25) is 0 Å². The number of hydrogen-bond donors (Lipinski definition) is 1. The lowest BCUT2D eigenvalue weighted by Crippen LogP contribution is -2.74. The number of likely N-dealkylation sites (tertiary alicyclic amines) is 1. The average Bonchev–Trinajstić information content (AvgIpc) is 3.31. The van der Waals surface area contributed by atoms with Gasteiger partial charge in [-0.2, -0.15) is 0 Å². The highest BCUT2D eigenvalue weighted by Crippen LogP contribution is 2.65. The number of esters is 1. The summed E-state index contributed by atoms with van der Waals surface area (Å²) in [4.78, 5) is 41.5. The van der Waals surface area contributed by atoms with Crippen LogP contribution in [0, 0.1) is 0 Å². The standard InChI is InChI=1S/C35H41NO10/c1-32(2,3)45-30(38)42-22-14-13-21-19-24-35(40)16-15-23(28-34(35,17-18-36(24)7)25(21)27(22)43-28)41-29(37)26(20-11-9-8-10-12-20)44-31(39)46-33(4,5)6/h8-15,24,26,28,40H,16-19H2,1-7H3/t24-,26?,28+,34+,35-/m1/s1. The molecule has 1 unspecified atom stereocenters. The topological polar surface area (TPSA) is 130 Å². The second-order valence-electron chi connectivity index (χ2n) is 14.4. The molecular weight excluding hydrogens is 594 g/mol. The molecule has 5 atom stereocenters. The van der Waals surface area contributed by atoms with Crippen molar-refractivity contribution in [2.24, 2.45) is 0 Å². The SMILES string of the molecule is CN1CC[C@]23c4c5ccc(OC(=O)OC(C)(C)C)c4O[C@H]2C(OC(=O)C(OC(=O)OC(C)(C)C)c2ccccc2)=CC[C@@]3(O)[C@H]1C5. The fourth-order valence-electron chi connectivity index (χ4n) is 7.29. The molecule has 2 aliphatic heterocycles. The van der Waals surface area contributed by atoms with Crippen LogP contribution in [-0.4, -0.2) is 70.8 Å². The van der Waals surface area contributed by atoms with E-state index in [4.69, 9.17) is 28.4 Å². The Bertz CT molecular complexity index is 1590. The molecule has 2 aromatic rings. The predicted molar refractivity (Wildman–Crippen MR) is 164 cm³/mol. The lowest BCUT2D eigenvalue weighted by molar-refractivity contribution is -0.173. The van der Waals surface area contributed by atoms with Crippen LogP contribution in [0.25, 0.3) is 0 Å². The zero-order valence-corrected chi connectivity index (χ0v) is 27.2. The van der Waals surface area contributed by atoms with Gasteiger partial charge in [0.05, 0.1) is 11.0 Å². The molecule has 2 aliphatic carbocycles. The molecule has 0 saturated carbocycles. The first-order valence-corrected chi connectivity index (χ1v) is 15.6. The minimum Gasteiger partial charge on any atom is -0.477 e. The summed E-state index contributed by atoms with van der Waals surface area (Å²) >= 11 is 0. The summed E-state index contributed by atoms with van der Waals surface area (Å²) in [5.74, 6) is -0.213. The van der Waals surface area contributed by atoms with Gasteiger partial charge >= 0.3 is 18.3 Å². The van der Waals surface area contributed by atoms with Crippen LogP contribution in [0.15, 0.2) is 54.3 Å². The second-order valence-corrected chi connectivity index (χ2v) is 14.4. The van der Waals surface area contributed by atoms with Gasteiger partial charge in [0.2, 0.25) is 6.10 Å². The van der Waals surface area contributed by atoms with Gasteiger partial charge in [-0.1, -0.05) is 36.4 Å². The summed E-state index contributed by atoms with van der Waals surface area (Å²) in [7, 11) is 1.99. The maximum atomic E-state index is 13.9. The third-order valence-electron chi connectivity index (χ3n) is 9.06. The van der Waals surface area contributed by atoms with Crippen molar-refractivity contribution >= 4 is 18.3 Å². The Hall–Kier alpha value is -4.09. The molecule has 6 rings (SSSR count). The smallest absolute Gasteiger partial charge is 0.477 e. The van der Waals surface area contributed by atoms with Crippen molar-refractivity contribution < 1.29 is 47.9 Å². The molecular formula is C35H41NO10. The van der Waals surface area contributed by atoms with E-state index < -0.39 is 52.7 Å². The number of nitrogens with zero attached hydrogens (tertiary/aromatic N) is 1. The van der Waals surface area contributed by atoms with Crippen LogP contribution < -0.4 is 9.47 Å². The van der Waals surface area contributed by atoms with Gasteiger partial charge in [-0.05, 0) is 85.7 Å². The maximum Gasteiger partial charge on any atom is 0.514 e. The largest absolute Gasteiger partial charge is 0.514 e. The molecule has 2 bridgehead atoms. The van der Waals surface area contributed by atoms with Gasteiger partial charge in [0.15, 0.2) is 17.6 Å². The van der Waals surface area contributed by atoms with E-state index in [1.807, 2.05) is 13.1 Å². The number of benzene rings is 2. The Morgan fingerprint density at radius 2 is 1.63 bits per heavy atom. The van der Waals surface area contributed by atoms with Crippen molar-refractivity contribution in [3.05, 3.63) is 71.0 Å². The van der Waals surface area contributed by atoms with Crippen molar-refractivity contribution in [1.82, 2.24) is 4.90 Å². The fraction of sp³-hybridized carbons (Fsp3) is 0.514. The summed E-state index contributed by atoms with van der Waals surface area (Å²) in [6.45, 7) is 11.0. The minimum atomic E-state index is -1.43. The highest BCUT2D eigenvalue weighted by molar-refractivity contribution is 5.80. The molecule has 2 aromatic carbocycles. The van der Waals surface area contributed by atoms with Crippen LogP contribution in [0.5, 0.6) is 11.5 Å². The van der Waals surface area contributed by atoms with E-state index in [2.05, 4.69) is 4.90 Å². The molecule has 246 valence electrons. The lowest BCUT2D eigenvalue weighted by atomic mass is 9.50. The molecule has 11 heteroatoms. The molecule has 1 saturated heterocycles. The molecule has 0 amide bonds. The van der Waals surface area contributed by atoms with E-state index in [1.165, 1.54) is 0 Å². The van der Waals surface area contributed by atoms with Gasteiger partial charge in [-0.15, -0.1) is 0 Å². The van der Waals surface area contributed by atoms with E-state index in [9.17, 15) is 19.5 Å². The highest BCUT2D eigenvalue weighted by atomic mass is 16.7. The summed E-state index contributed by atoms with van der Waals surface area (Å²) in [6.07, 6.45) is -1.37. The summed E-state index contributed by atoms with van der Waals surface area (Å²) < 4.78 is 34.6. The van der Waals surface area contributed by atoms with Crippen molar-refractivity contribution in [1.29, 1.82) is 0 Å². The first-order valence-electron chi connectivity index (χ1n) is 15.6. The van der Waals surface area contributed by atoms with Gasteiger partial charge < -0.3 is 38.4 Å². The molecule has 1 N–H and O–H groups in total. The van der Waals surface area contributed by atoms with E-state index >= 15 is 0 Å². The van der Waals surface area contributed by atoms with Crippen LogP contribution in [-0.2, 0) is 35.6 Å². The van der Waals surface area contributed by atoms with E-state index in [0.29, 0.717) is 30.7 Å². The molecule has 11 nitrogen and oxygen atoms in total. The normalized spacial score (nSPS) is 26.9. The van der Waals surface area contributed by atoms with Gasteiger partial charge in [-0.3, -0.25) is 0 Å². The summed E-state index contributed by atoms with van der Waals surface area (Å²) in [5, 5.41) is 12.5. The Kier molecular flexibility index (Phi) is 7.63. The number of hydrogen-bond acceptors (Lipinski definition) is 11. The third-order valence-corrected chi connectivity index (χ3v) is 9.06. The molecule has 0 aromatic heterocycles. The molecule has 1 spiro atoms. The van der Waals surface area contributed by atoms with Crippen LogP contribution in [0.4, 0.5) is 9.59 Å². The summed E-state index contributed by atoms with van der Waals surface area (Å²) in [6, 6.07) is 11.9. The van der Waals surface area contributed by atoms with Crippen LogP contribution in [0.1, 0.15) is 77.2 Å². The van der Waals surface area contributed by atoms with Gasteiger partial charge in [-0.25, -0.2) is 14.4 Å². The first kappa shape index (κ1) is 31.9. The number of piperidine rings is 1. The maximum absolute atomic E-state index is 13.9. The van der Waals surface area contributed by atoms with E-state index in [0.717, 1.165) is 11.1 Å². The minimum absolute atomic E-state index is 0.151. The predicted octanol–water partition coefficient (Wildman–Crippen LogP) is 5.51. The van der Waals surface area contributed by atoms with Crippen molar-refractivity contribution in [2.75, 3.05) is 13.6 Å². The van der Waals surface area contributed by atoms with Gasteiger partial charge in [0.1, 0.15) is 17.0 Å². The molecule has 0 radical (unpaired) electrons. The monoisotopic (exact) mass is 635 g/mol. The van der Waals surface area contributed by atoms with Crippen molar-refractivity contribution in [3.8, 4) is 11.5 Å². The fourth-order valence-corrected chi connectivity index (χ4v) is 7.29. The summed E-state index contributed by atoms with van der Waals surface area (Å²) in [5.41, 5.74) is -1.79. The van der Waals surface area contributed by atoms with Crippen molar-refractivity contribution in [2.45, 2.75) is 101 Å². The highest BCUT2D eigenvalue weighted by Gasteiger charge is 2.72. The third kappa shape index (κ3) is 5.39. The number of carbonyl (C=O) groups is 3. The molecule has 4 aliphatic rings. The lowest BCUT2D eigenvalue weighted by Gasteiger charge is -2.61. The Labute approximate surface area is 268 Å². The zero-order chi connectivity index (χ0) is 33.2. The number of carbonyl (C=O) groups excluding carboxylic acids is 3. The number of aliphatic hydroxyl groups is 1. The average molecular weight is 636 g/mol. The van der Waals surface area contributed by atoms with Gasteiger partial charge in [0.25, 0.3) is 0 Å². The molecule has 2 heterocycles. The number of ether oxygens (including phenoxy) is 6. The van der Waals surface area contributed by atoms with Gasteiger partial charge in [0, 0.05) is 23.6 Å². The van der Waals surface area contributed by atoms with Crippen LogP contribution in [0.3, 0.4) is 0 Å². The molecule has 1 fully saturated rings. The van der Waals surface area contributed by atoms with Crippen LogP contribution >= 0.6 is 0 Å². The second kappa shape index (κ2) is 11.0. The van der Waals surface area contributed by atoms with Crippen molar-refractivity contribution in [3.63, 3.8) is 0 Å². The first-order chi connectivity index (χ1) is 21.5. The van der Waals surface area contributed by atoms with E-state index in [1.54, 1.807) is 84.0 Å². The Morgan fingerprint density at radius 3 is 2.30 bits per heavy atom. The van der Waals surface area contributed by atoms with E-state index in [-0.39, 0.29) is 24.0 Å².